The third-order valence-electron chi connectivity index (χ3n) is 6.81. The first-order valence-electron chi connectivity index (χ1n) is 12.4. The molecule has 2 fully saturated rings. The smallest absolute Gasteiger partial charge is 0.253 e. The summed E-state index contributed by atoms with van der Waals surface area (Å²) in [6.07, 6.45) is 13.0. The highest BCUT2D eigenvalue weighted by molar-refractivity contribution is 5.94. The molecule has 0 atom stereocenters. The minimum Gasteiger partial charge on any atom is -0.493 e. The van der Waals surface area contributed by atoms with Gasteiger partial charge in [-0.3, -0.25) is 14.6 Å². The van der Waals surface area contributed by atoms with E-state index in [-0.39, 0.29) is 11.8 Å². The molecule has 176 valence electrons. The van der Waals surface area contributed by atoms with Crippen molar-refractivity contribution in [3.05, 3.63) is 59.9 Å². The van der Waals surface area contributed by atoms with Crippen molar-refractivity contribution in [2.45, 2.75) is 51.4 Å². The highest BCUT2D eigenvalue weighted by Crippen LogP contribution is 2.24. The van der Waals surface area contributed by atoms with Gasteiger partial charge in [-0.25, -0.2) is 0 Å². The molecular weight excluding hydrogens is 414 g/mol. The van der Waals surface area contributed by atoms with Gasteiger partial charge in [0.1, 0.15) is 5.75 Å². The number of amides is 2. The Morgan fingerprint density at radius 2 is 1.55 bits per heavy atom. The highest BCUT2D eigenvalue weighted by Gasteiger charge is 2.25. The average Bonchev–Trinajstić information content (AvgIpc) is 2.84. The molecule has 1 aliphatic heterocycles. The number of aromatic nitrogens is 1. The third kappa shape index (κ3) is 6.80. The van der Waals surface area contributed by atoms with Crippen molar-refractivity contribution < 1.29 is 14.3 Å². The van der Waals surface area contributed by atoms with Crippen LogP contribution in [0.2, 0.25) is 0 Å². The topological polar surface area (TPSA) is 62.7 Å². The van der Waals surface area contributed by atoms with Crippen molar-refractivity contribution in [2.75, 3.05) is 32.8 Å². The quantitative estimate of drug-likeness (QED) is 0.658. The Balaban J connectivity index is 1.22. The van der Waals surface area contributed by atoms with Gasteiger partial charge in [0, 0.05) is 44.1 Å². The Bertz CT molecular complexity index is 885. The molecular formula is C27H35N3O3. The molecule has 2 amide bonds. The molecule has 2 aromatic rings. The van der Waals surface area contributed by atoms with Crippen molar-refractivity contribution in [1.29, 1.82) is 0 Å². The van der Waals surface area contributed by atoms with E-state index in [1.165, 1.54) is 44.9 Å². The molecule has 2 heterocycles. The van der Waals surface area contributed by atoms with E-state index in [9.17, 15) is 9.59 Å². The molecule has 2 aliphatic rings. The summed E-state index contributed by atoms with van der Waals surface area (Å²) in [7, 11) is 0. The zero-order valence-corrected chi connectivity index (χ0v) is 19.5. The van der Waals surface area contributed by atoms with Crippen LogP contribution in [-0.2, 0) is 11.2 Å². The summed E-state index contributed by atoms with van der Waals surface area (Å²) in [5.74, 6) is 1.57. The summed E-state index contributed by atoms with van der Waals surface area (Å²) < 4.78 is 6.04. The number of carbonyl (C=O) groups is 2. The highest BCUT2D eigenvalue weighted by atomic mass is 16.5. The first-order chi connectivity index (χ1) is 16.2. The summed E-state index contributed by atoms with van der Waals surface area (Å²) in [5.41, 5.74) is 1.58. The van der Waals surface area contributed by atoms with Crippen LogP contribution >= 0.6 is 0 Å². The van der Waals surface area contributed by atoms with E-state index in [4.69, 9.17) is 4.74 Å². The molecule has 0 unspecified atom stereocenters. The SMILES string of the molecule is O=C(Cc1cccnc1)N1CCN(C(=O)c2ccc(OCC3CCCCCCC3)cc2)CC1. The maximum atomic E-state index is 12.9. The van der Waals surface area contributed by atoms with Crippen LogP contribution in [0.25, 0.3) is 0 Å². The van der Waals surface area contributed by atoms with Crippen LogP contribution in [0.15, 0.2) is 48.8 Å². The molecule has 6 heteroatoms. The van der Waals surface area contributed by atoms with Crippen LogP contribution in [0.3, 0.4) is 0 Å². The Kier molecular flexibility index (Phi) is 8.34. The van der Waals surface area contributed by atoms with Crippen LogP contribution < -0.4 is 4.74 Å². The van der Waals surface area contributed by atoms with E-state index in [1.54, 1.807) is 12.4 Å². The number of hydrogen-bond acceptors (Lipinski definition) is 4. The van der Waals surface area contributed by atoms with Crippen molar-refractivity contribution in [2.24, 2.45) is 5.92 Å². The van der Waals surface area contributed by atoms with E-state index in [1.807, 2.05) is 46.2 Å². The molecule has 0 N–H and O–H groups in total. The Morgan fingerprint density at radius 1 is 0.879 bits per heavy atom. The molecule has 33 heavy (non-hydrogen) atoms. The fraction of sp³-hybridized carbons (Fsp3) is 0.519. The number of carbonyl (C=O) groups excluding carboxylic acids is 2. The van der Waals surface area contributed by atoms with Crippen molar-refractivity contribution in [3.63, 3.8) is 0 Å². The summed E-state index contributed by atoms with van der Waals surface area (Å²) in [4.78, 5) is 33.2. The molecule has 1 aromatic carbocycles. The molecule has 1 aromatic heterocycles. The first-order valence-corrected chi connectivity index (χ1v) is 12.4. The predicted molar refractivity (Wildman–Crippen MR) is 128 cm³/mol. The largest absolute Gasteiger partial charge is 0.493 e. The second kappa shape index (κ2) is 11.8. The van der Waals surface area contributed by atoms with Crippen LogP contribution in [0, 0.1) is 5.92 Å². The van der Waals surface area contributed by atoms with Crippen molar-refractivity contribution in [1.82, 2.24) is 14.8 Å². The molecule has 1 saturated heterocycles. The fourth-order valence-electron chi connectivity index (χ4n) is 4.75. The van der Waals surface area contributed by atoms with Crippen LogP contribution in [0.4, 0.5) is 0 Å². The number of rotatable bonds is 6. The van der Waals surface area contributed by atoms with Gasteiger partial charge in [0.25, 0.3) is 5.91 Å². The lowest BCUT2D eigenvalue weighted by atomic mass is 9.92. The number of nitrogens with zero attached hydrogens (tertiary/aromatic N) is 3. The molecule has 4 rings (SSSR count). The monoisotopic (exact) mass is 449 g/mol. The molecule has 0 radical (unpaired) electrons. The van der Waals surface area contributed by atoms with Gasteiger partial charge in [-0.2, -0.15) is 0 Å². The lowest BCUT2D eigenvalue weighted by Gasteiger charge is -2.35. The second-order valence-corrected chi connectivity index (χ2v) is 9.26. The van der Waals surface area contributed by atoms with Crippen LogP contribution in [0.5, 0.6) is 5.75 Å². The lowest BCUT2D eigenvalue weighted by molar-refractivity contribution is -0.131. The van der Waals surface area contributed by atoms with Crippen molar-refractivity contribution in [3.8, 4) is 5.75 Å². The van der Waals surface area contributed by atoms with Gasteiger partial charge < -0.3 is 14.5 Å². The summed E-state index contributed by atoms with van der Waals surface area (Å²) in [6, 6.07) is 11.3. The Hall–Kier alpha value is -2.89. The fourth-order valence-corrected chi connectivity index (χ4v) is 4.75. The lowest BCUT2D eigenvalue weighted by Crippen LogP contribution is -2.51. The second-order valence-electron chi connectivity index (χ2n) is 9.26. The van der Waals surface area contributed by atoms with Gasteiger partial charge >= 0.3 is 0 Å². The van der Waals surface area contributed by atoms with Crippen molar-refractivity contribution >= 4 is 11.8 Å². The van der Waals surface area contributed by atoms with E-state index >= 15 is 0 Å². The minimum atomic E-state index is 0.0147. The minimum absolute atomic E-state index is 0.0147. The number of benzene rings is 1. The van der Waals surface area contributed by atoms with Gasteiger partial charge in [-0.05, 0) is 54.7 Å². The first kappa shape index (κ1) is 23.3. The number of hydrogen-bond donors (Lipinski definition) is 0. The maximum Gasteiger partial charge on any atom is 0.253 e. The Morgan fingerprint density at radius 3 is 2.21 bits per heavy atom. The summed E-state index contributed by atoms with van der Waals surface area (Å²) in [6.45, 7) is 3.00. The standard InChI is InChI=1S/C27H35N3O3/c31-26(19-23-9-6-14-28-20-23)29-15-17-30(18-16-29)27(32)24-10-12-25(13-11-24)33-21-22-7-4-2-1-3-5-8-22/h6,9-14,20,22H,1-5,7-8,15-19,21H2. The zero-order chi connectivity index (χ0) is 22.9. The molecule has 0 spiro atoms. The van der Waals surface area contributed by atoms with E-state index in [2.05, 4.69) is 4.98 Å². The molecule has 1 saturated carbocycles. The number of pyridine rings is 1. The zero-order valence-electron chi connectivity index (χ0n) is 19.5. The average molecular weight is 450 g/mol. The van der Waals surface area contributed by atoms with Gasteiger partial charge in [0.05, 0.1) is 13.0 Å². The van der Waals surface area contributed by atoms with Gasteiger partial charge in [-0.1, -0.05) is 38.2 Å². The van der Waals surface area contributed by atoms with Gasteiger partial charge in [0.15, 0.2) is 0 Å². The normalized spacial score (nSPS) is 17.8. The predicted octanol–water partition coefficient (Wildman–Crippen LogP) is 4.35. The van der Waals surface area contributed by atoms with E-state index in [0.29, 0.717) is 44.1 Å². The van der Waals surface area contributed by atoms with Gasteiger partial charge in [0.2, 0.25) is 5.91 Å². The van der Waals surface area contributed by atoms with Crippen LogP contribution in [0.1, 0.15) is 60.9 Å². The molecule has 6 nitrogen and oxygen atoms in total. The Labute approximate surface area is 196 Å². The van der Waals surface area contributed by atoms with Gasteiger partial charge in [-0.15, -0.1) is 0 Å². The van der Waals surface area contributed by atoms with E-state index in [0.717, 1.165) is 17.9 Å². The maximum absolute atomic E-state index is 12.9. The molecule has 1 aliphatic carbocycles. The summed E-state index contributed by atoms with van der Waals surface area (Å²) in [5, 5.41) is 0. The van der Waals surface area contributed by atoms with Crippen LogP contribution in [-0.4, -0.2) is 59.4 Å². The van der Waals surface area contributed by atoms with E-state index < -0.39 is 0 Å². The number of piperazine rings is 1. The molecule has 0 bridgehead atoms. The third-order valence-corrected chi connectivity index (χ3v) is 6.81. The summed E-state index contributed by atoms with van der Waals surface area (Å²) >= 11 is 0. The number of ether oxygens (including phenoxy) is 1.